The number of hydrogen-bond donors (Lipinski definition) is 0. The van der Waals surface area contributed by atoms with Gasteiger partial charge < -0.3 is 0 Å². The first-order chi connectivity index (χ1) is 4.30. The molecule has 0 saturated carbocycles. The molecule has 9 heavy (non-hydrogen) atoms. The molecule has 1 rings (SSSR count). The van der Waals surface area contributed by atoms with Crippen LogP contribution in [-0.4, -0.2) is 15.4 Å². The van der Waals surface area contributed by atoms with Crippen LogP contribution in [-0.2, 0) is 0 Å². The maximum atomic E-state index is 11.6. The molecule has 0 amide bonds. The van der Waals surface area contributed by atoms with E-state index in [0.717, 1.165) is 6.20 Å². The molecule has 1 radical (unpaired) electrons. The van der Waals surface area contributed by atoms with Gasteiger partial charge in [0, 0.05) is 6.07 Å². The van der Waals surface area contributed by atoms with E-state index in [2.05, 4.69) is 21.5 Å². The van der Waals surface area contributed by atoms with E-state index in [1.165, 1.54) is 0 Å². The molecule has 1 aromatic rings. The van der Waals surface area contributed by atoms with Crippen LogP contribution in [0.5, 0.6) is 0 Å². The lowest BCUT2D eigenvalue weighted by molar-refractivity contribution is 0.144. The maximum absolute atomic E-state index is 11.6. The SMILES string of the molecule is FC(F)c1[c]cnnn1. The van der Waals surface area contributed by atoms with E-state index in [9.17, 15) is 8.78 Å². The van der Waals surface area contributed by atoms with Crippen molar-refractivity contribution in [3.8, 4) is 0 Å². The van der Waals surface area contributed by atoms with Crippen molar-refractivity contribution in [1.29, 1.82) is 0 Å². The number of nitrogens with zero attached hydrogens (tertiary/aromatic N) is 3. The van der Waals surface area contributed by atoms with E-state index in [4.69, 9.17) is 0 Å². The van der Waals surface area contributed by atoms with Gasteiger partial charge in [-0.25, -0.2) is 8.78 Å². The van der Waals surface area contributed by atoms with Crippen molar-refractivity contribution >= 4 is 0 Å². The molecule has 1 aromatic heterocycles. The van der Waals surface area contributed by atoms with Crippen molar-refractivity contribution < 1.29 is 8.78 Å². The molecular weight excluding hydrogens is 128 g/mol. The fourth-order valence-electron chi connectivity index (χ4n) is 0.330. The first-order valence-electron chi connectivity index (χ1n) is 2.15. The van der Waals surface area contributed by atoms with Gasteiger partial charge in [0.1, 0.15) is 5.69 Å². The first kappa shape index (κ1) is 6.00. The molecule has 0 spiro atoms. The van der Waals surface area contributed by atoms with Gasteiger partial charge in [-0.1, -0.05) is 0 Å². The molecule has 0 fully saturated rings. The van der Waals surface area contributed by atoms with Gasteiger partial charge in [0.25, 0.3) is 6.43 Å². The third-order valence-corrected chi connectivity index (χ3v) is 0.681. The minimum absolute atomic E-state index is 0.468. The lowest BCUT2D eigenvalue weighted by atomic mass is 10.4. The highest BCUT2D eigenvalue weighted by atomic mass is 19.3. The summed E-state index contributed by atoms with van der Waals surface area (Å²) in [6.07, 6.45) is -1.56. The fourth-order valence-corrected chi connectivity index (χ4v) is 0.330. The molecule has 0 aliphatic rings. The molecule has 0 aliphatic carbocycles. The van der Waals surface area contributed by atoms with Gasteiger partial charge in [0.15, 0.2) is 0 Å². The van der Waals surface area contributed by atoms with Crippen LogP contribution >= 0.6 is 0 Å². The Hall–Kier alpha value is -1.13. The smallest absolute Gasteiger partial charge is 0.203 e. The topological polar surface area (TPSA) is 38.7 Å². The minimum atomic E-state index is -2.61. The van der Waals surface area contributed by atoms with E-state index in [1.54, 1.807) is 0 Å². The van der Waals surface area contributed by atoms with E-state index >= 15 is 0 Å². The van der Waals surface area contributed by atoms with Crippen LogP contribution in [0.3, 0.4) is 0 Å². The monoisotopic (exact) mass is 130 g/mol. The summed E-state index contributed by atoms with van der Waals surface area (Å²) in [7, 11) is 0. The zero-order valence-electron chi connectivity index (χ0n) is 4.25. The summed E-state index contributed by atoms with van der Waals surface area (Å²) in [5, 5.41) is 9.18. The number of halogens is 2. The number of hydrogen-bond acceptors (Lipinski definition) is 3. The molecule has 0 bridgehead atoms. The van der Waals surface area contributed by atoms with Gasteiger partial charge in [-0.05, 0) is 5.21 Å². The Morgan fingerprint density at radius 2 is 2.33 bits per heavy atom. The molecule has 1 heterocycles. The van der Waals surface area contributed by atoms with Crippen molar-refractivity contribution in [3.05, 3.63) is 18.0 Å². The summed E-state index contributed by atoms with van der Waals surface area (Å²) in [5.41, 5.74) is -0.468. The van der Waals surface area contributed by atoms with Crippen LogP contribution in [0.2, 0.25) is 0 Å². The van der Waals surface area contributed by atoms with E-state index < -0.39 is 12.1 Å². The van der Waals surface area contributed by atoms with Crippen molar-refractivity contribution in [2.24, 2.45) is 0 Å². The summed E-state index contributed by atoms with van der Waals surface area (Å²) in [5.74, 6) is 0. The Balaban J connectivity index is 2.85. The Kier molecular flexibility index (Phi) is 1.62. The lowest BCUT2D eigenvalue weighted by Gasteiger charge is -1.90. The maximum Gasteiger partial charge on any atom is 0.282 e. The van der Waals surface area contributed by atoms with Crippen molar-refractivity contribution in [1.82, 2.24) is 15.4 Å². The zero-order chi connectivity index (χ0) is 6.69. The zero-order valence-corrected chi connectivity index (χ0v) is 4.25. The Morgan fingerprint density at radius 1 is 1.56 bits per heavy atom. The first-order valence-corrected chi connectivity index (χ1v) is 2.15. The van der Waals surface area contributed by atoms with E-state index in [-0.39, 0.29) is 0 Å². The highest BCUT2D eigenvalue weighted by Crippen LogP contribution is 2.12. The summed E-state index contributed by atoms with van der Waals surface area (Å²) in [4.78, 5) is 0. The molecule has 0 unspecified atom stereocenters. The quantitative estimate of drug-likeness (QED) is 0.559. The lowest BCUT2D eigenvalue weighted by Crippen LogP contribution is -1.93. The molecule has 3 nitrogen and oxygen atoms in total. The second-order valence-electron chi connectivity index (χ2n) is 1.26. The highest BCUT2D eigenvalue weighted by Gasteiger charge is 2.07. The summed E-state index contributed by atoms with van der Waals surface area (Å²) >= 11 is 0. The second-order valence-corrected chi connectivity index (χ2v) is 1.26. The summed E-state index contributed by atoms with van der Waals surface area (Å²) in [6, 6.07) is 2.13. The normalized spacial score (nSPS) is 10.1. The van der Waals surface area contributed by atoms with Crippen LogP contribution in [0.15, 0.2) is 6.20 Å². The molecular formula is C4H2F2N3. The Labute approximate surface area is 49.7 Å². The van der Waals surface area contributed by atoms with Gasteiger partial charge in [-0.3, -0.25) is 0 Å². The van der Waals surface area contributed by atoms with Gasteiger partial charge in [-0.15, -0.1) is 10.2 Å². The molecule has 0 N–H and O–H groups in total. The van der Waals surface area contributed by atoms with Crippen LogP contribution < -0.4 is 0 Å². The van der Waals surface area contributed by atoms with Gasteiger partial charge in [0.05, 0.1) is 6.20 Å². The fraction of sp³-hybridized carbons (Fsp3) is 0.250. The number of rotatable bonds is 1. The van der Waals surface area contributed by atoms with Crippen LogP contribution in [0, 0.1) is 6.07 Å². The van der Waals surface area contributed by atoms with Crippen molar-refractivity contribution in [2.75, 3.05) is 0 Å². The largest absolute Gasteiger partial charge is 0.282 e. The molecule has 0 aromatic carbocycles. The number of aromatic nitrogens is 3. The molecule has 5 heteroatoms. The van der Waals surface area contributed by atoms with Gasteiger partial charge >= 0.3 is 0 Å². The van der Waals surface area contributed by atoms with E-state index in [1.807, 2.05) is 0 Å². The molecule has 47 valence electrons. The molecule has 0 atom stereocenters. The molecule has 0 aliphatic heterocycles. The van der Waals surface area contributed by atoms with E-state index in [0.29, 0.717) is 0 Å². The average Bonchev–Trinajstić information content (AvgIpc) is 1.90. The molecule has 0 saturated heterocycles. The predicted octanol–water partition coefficient (Wildman–Crippen LogP) is 0.609. The minimum Gasteiger partial charge on any atom is -0.203 e. The summed E-state index contributed by atoms with van der Waals surface area (Å²) in [6.45, 7) is 0. The Bertz CT molecular complexity index is 176. The standard InChI is InChI=1S/C4H2F2N3/c5-4(6)3-1-2-7-9-8-3/h2,4H. The second kappa shape index (κ2) is 2.43. The summed E-state index contributed by atoms with van der Waals surface area (Å²) < 4.78 is 23.2. The van der Waals surface area contributed by atoms with Crippen LogP contribution in [0.1, 0.15) is 12.1 Å². The van der Waals surface area contributed by atoms with Crippen LogP contribution in [0.4, 0.5) is 8.78 Å². The van der Waals surface area contributed by atoms with Crippen molar-refractivity contribution in [2.45, 2.75) is 6.43 Å². The van der Waals surface area contributed by atoms with Gasteiger partial charge in [0.2, 0.25) is 0 Å². The van der Waals surface area contributed by atoms with Crippen molar-refractivity contribution in [3.63, 3.8) is 0 Å². The third-order valence-electron chi connectivity index (χ3n) is 0.681. The van der Waals surface area contributed by atoms with Gasteiger partial charge in [-0.2, -0.15) is 0 Å². The predicted molar refractivity (Wildman–Crippen MR) is 23.6 cm³/mol. The Morgan fingerprint density at radius 3 is 2.67 bits per heavy atom. The number of alkyl halides is 2. The third kappa shape index (κ3) is 1.38. The highest BCUT2D eigenvalue weighted by molar-refractivity contribution is 4.93. The average molecular weight is 130 g/mol. The van der Waals surface area contributed by atoms with Crippen LogP contribution in [0.25, 0.3) is 0 Å².